The molecule has 1 N–H and O–H groups in total. The zero-order chi connectivity index (χ0) is 13.1. The van der Waals surface area contributed by atoms with Gasteiger partial charge in [-0.2, -0.15) is 0 Å². The van der Waals surface area contributed by atoms with E-state index in [0.29, 0.717) is 6.54 Å². The van der Waals surface area contributed by atoms with Crippen LogP contribution in [0, 0.1) is 26.6 Å². The smallest absolute Gasteiger partial charge is 0.123 e. The summed E-state index contributed by atoms with van der Waals surface area (Å²) in [4.78, 5) is 0. The highest BCUT2D eigenvalue weighted by Crippen LogP contribution is 2.22. The number of anilines is 1. The Kier molecular flexibility index (Phi) is 3.66. The molecule has 0 fully saturated rings. The normalized spacial score (nSPS) is 10.4. The number of hydrogen-bond donors (Lipinski definition) is 1. The minimum Gasteiger partial charge on any atom is -0.381 e. The Morgan fingerprint density at radius 3 is 2.06 bits per heavy atom. The predicted molar refractivity (Wildman–Crippen MR) is 74.4 cm³/mol. The maximum absolute atomic E-state index is 12.8. The first-order valence-electron chi connectivity index (χ1n) is 6.12. The molecule has 0 amide bonds. The van der Waals surface area contributed by atoms with Crippen molar-refractivity contribution in [3.8, 4) is 0 Å². The quantitative estimate of drug-likeness (QED) is 0.844. The molecule has 0 unspecified atom stereocenters. The number of benzene rings is 2. The van der Waals surface area contributed by atoms with Crippen LogP contribution in [0.2, 0.25) is 0 Å². The first-order valence-corrected chi connectivity index (χ1v) is 6.12. The second-order valence-corrected chi connectivity index (χ2v) is 4.75. The molecule has 0 bridgehead atoms. The van der Waals surface area contributed by atoms with Gasteiger partial charge < -0.3 is 5.32 Å². The Bertz CT molecular complexity index is 521. The Morgan fingerprint density at radius 1 is 0.944 bits per heavy atom. The molecular formula is C16H18FN. The number of aryl methyl sites for hydroxylation is 3. The highest BCUT2D eigenvalue weighted by atomic mass is 19.1. The third kappa shape index (κ3) is 2.89. The number of rotatable bonds is 3. The highest BCUT2D eigenvalue weighted by molar-refractivity contribution is 5.58. The Morgan fingerprint density at radius 2 is 1.50 bits per heavy atom. The topological polar surface area (TPSA) is 12.0 Å². The third-order valence-electron chi connectivity index (χ3n) is 3.06. The molecular weight excluding hydrogens is 225 g/mol. The maximum Gasteiger partial charge on any atom is 0.123 e. The summed E-state index contributed by atoms with van der Waals surface area (Å²) in [5.74, 6) is -0.193. The Hall–Kier alpha value is -1.83. The summed E-state index contributed by atoms with van der Waals surface area (Å²) in [6.07, 6.45) is 0. The van der Waals surface area contributed by atoms with Crippen LogP contribution in [0.25, 0.3) is 0 Å². The van der Waals surface area contributed by atoms with Gasteiger partial charge in [0.1, 0.15) is 5.82 Å². The van der Waals surface area contributed by atoms with Crippen LogP contribution >= 0.6 is 0 Å². The van der Waals surface area contributed by atoms with Crippen LogP contribution in [0.5, 0.6) is 0 Å². The van der Waals surface area contributed by atoms with Crippen LogP contribution in [0.4, 0.5) is 10.1 Å². The lowest BCUT2D eigenvalue weighted by Crippen LogP contribution is -2.03. The Balaban J connectivity index is 2.13. The molecule has 0 atom stereocenters. The molecule has 1 nitrogen and oxygen atoms in total. The van der Waals surface area contributed by atoms with E-state index in [2.05, 4.69) is 38.2 Å². The molecule has 0 heterocycles. The summed E-state index contributed by atoms with van der Waals surface area (Å²) in [5.41, 5.74) is 6.02. The fourth-order valence-electron chi connectivity index (χ4n) is 2.25. The molecule has 18 heavy (non-hydrogen) atoms. The largest absolute Gasteiger partial charge is 0.381 e. The van der Waals surface area contributed by atoms with Crippen LogP contribution < -0.4 is 5.32 Å². The van der Waals surface area contributed by atoms with Crippen LogP contribution in [-0.4, -0.2) is 0 Å². The van der Waals surface area contributed by atoms with E-state index in [9.17, 15) is 4.39 Å². The first kappa shape index (κ1) is 12.6. The van der Waals surface area contributed by atoms with Crippen molar-refractivity contribution in [2.24, 2.45) is 0 Å². The second-order valence-electron chi connectivity index (χ2n) is 4.75. The molecule has 0 aliphatic heterocycles. The van der Waals surface area contributed by atoms with Gasteiger partial charge in [0.15, 0.2) is 0 Å². The van der Waals surface area contributed by atoms with E-state index in [1.54, 1.807) is 12.1 Å². The fourth-order valence-corrected chi connectivity index (χ4v) is 2.25. The predicted octanol–water partition coefficient (Wildman–Crippen LogP) is 4.36. The number of halogens is 1. The van der Waals surface area contributed by atoms with Gasteiger partial charge >= 0.3 is 0 Å². The lowest BCUT2D eigenvalue weighted by Gasteiger charge is -2.14. The second kappa shape index (κ2) is 5.21. The monoisotopic (exact) mass is 243 g/mol. The van der Waals surface area contributed by atoms with E-state index in [-0.39, 0.29) is 5.82 Å². The van der Waals surface area contributed by atoms with E-state index in [1.165, 1.54) is 34.5 Å². The molecule has 0 spiro atoms. The molecule has 2 heteroatoms. The van der Waals surface area contributed by atoms with Crippen molar-refractivity contribution in [3.63, 3.8) is 0 Å². The van der Waals surface area contributed by atoms with Gasteiger partial charge in [-0.1, -0.05) is 29.8 Å². The zero-order valence-corrected chi connectivity index (χ0v) is 11.0. The lowest BCUT2D eigenvalue weighted by atomic mass is 10.0. The van der Waals surface area contributed by atoms with E-state index < -0.39 is 0 Å². The van der Waals surface area contributed by atoms with Gasteiger partial charge in [0, 0.05) is 12.2 Å². The van der Waals surface area contributed by atoms with Crippen molar-refractivity contribution < 1.29 is 4.39 Å². The van der Waals surface area contributed by atoms with Gasteiger partial charge in [-0.25, -0.2) is 4.39 Å². The van der Waals surface area contributed by atoms with Gasteiger partial charge in [0.05, 0.1) is 0 Å². The highest BCUT2D eigenvalue weighted by Gasteiger charge is 2.03. The molecule has 94 valence electrons. The van der Waals surface area contributed by atoms with Crippen molar-refractivity contribution in [2.45, 2.75) is 27.3 Å². The van der Waals surface area contributed by atoms with E-state index >= 15 is 0 Å². The van der Waals surface area contributed by atoms with Crippen molar-refractivity contribution in [3.05, 3.63) is 64.5 Å². The van der Waals surface area contributed by atoms with Crippen molar-refractivity contribution in [1.82, 2.24) is 0 Å². The molecule has 0 saturated heterocycles. The molecule has 0 aromatic heterocycles. The molecule has 2 aromatic rings. The van der Waals surface area contributed by atoms with Crippen LogP contribution in [0.1, 0.15) is 22.3 Å². The van der Waals surface area contributed by atoms with E-state index in [0.717, 1.165) is 5.56 Å². The number of nitrogens with one attached hydrogen (secondary N) is 1. The summed E-state index contributed by atoms with van der Waals surface area (Å²) in [6.45, 7) is 7.02. The summed E-state index contributed by atoms with van der Waals surface area (Å²) in [6, 6.07) is 10.9. The zero-order valence-electron chi connectivity index (χ0n) is 11.0. The summed E-state index contributed by atoms with van der Waals surface area (Å²) in [5, 5.41) is 3.42. The van der Waals surface area contributed by atoms with Gasteiger partial charge in [0.25, 0.3) is 0 Å². The van der Waals surface area contributed by atoms with Crippen molar-refractivity contribution >= 4 is 5.69 Å². The Labute approximate surface area is 108 Å². The van der Waals surface area contributed by atoms with Gasteiger partial charge in [0.2, 0.25) is 0 Å². The third-order valence-corrected chi connectivity index (χ3v) is 3.06. The average molecular weight is 243 g/mol. The maximum atomic E-state index is 12.8. The molecule has 2 rings (SSSR count). The average Bonchev–Trinajstić information content (AvgIpc) is 2.30. The first-order chi connectivity index (χ1) is 8.56. The molecule has 0 radical (unpaired) electrons. The van der Waals surface area contributed by atoms with Gasteiger partial charge in [-0.05, 0) is 49.6 Å². The fraction of sp³-hybridized carbons (Fsp3) is 0.250. The SMILES string of the molecule is Cc1cc(C)c(NCc2ccc(F)cc2)c(C)c1. The van der Waals surface area contributed by atoms with Gasteiger partial charge in [-0.3, -0.25) is 0 Å². The molecule has 0 aliphatic carbocycles. The van der Waals surface area contributed by atoms with E-state index in [1.807, 2.05) is 0 Å². The lowest BCUT2D eigenvalue weighted by molar-refractivity contribution is 0.627. The molecule has 2 aromatic carbocycles. The standard InChI is InChI=1S/C16H18FN/c1-11-8-12(2)16(13(3)9-11)18-10-14-4-6-15(17)7-5-14/h4-9,18H,10H2,1-3H3. The van der Waals surface area contributed by atoms with E-state index in [4.69, 9.17) is 0 Å². The van der Waals surface area contributed by atoms with Crippen LogP contribution in [-0.2, 0) is 6.54 Å². The minimum absolute atomic E-state index is 0.193. The van der Waals surface area contributed by atoms with Gasteiger partial charge in [-0.15, -0.1) is 0 Å². The molecule has 0 aliphatic rings. The number of hydrogen-bond acceptors (Lipinski definition) is 1. The summed E-state index contributed by atoms with van der Waals surface area (Å²) >= 11 is 0. The summed E-state index contributed by atoms with van der Waals surface area (Å²) in [7, 11) is 0. The van der Waals surface area contributed by atoms with Crippen LogP contribution in [0.3, 0.4) is 0 Å². The molecule has 0 saturated carbocycles. The van der Waals surface area contributed by atoms with Crippen molar-refractivity contribution in [1.29, 1.82) is 0 Å². The van der Waals surface area contributed by atoms with Crippen molar-refractivity contribution in [2.75, 3.05) is 5.32 Å². The minimum atomic E-state index is -0.193. The van der Waals surface area contributed by atoms with Crippen LogP contribution in [0.15, 0.2) is 36.4 Å². The summed E-state index contributed by atoms with van der Waals surface area (Å²) < 4.78 is 12.8.